The molecule has 0 aromatic heterocycles. The normalized spacial score (nSPS) is 14.4. The van der Waals surface area contributed by atoms with Crippen LogP contribution in [0.4, 0.5) is 0 Å². The second-order valence-electron chi connectivity index (χ2n) is 6.77. The molecule has 108 valence electrons. The summed E-state index contributed by atoms with van der Waals surface area (Å²) in [6.45, 7) is 15.6. The molecule has 0 aliphatic carbocycles. The SMILES string of the molecule is CCCC(C)(C)CC(C(=O)OCC)C(C)(C)CC. The van der Waals surface area contributed by atoms with E-state index in [1.54, 1.807) is 0 Å². The molecule has 0 saturated carbocycles. The van der Waals surface area contributed by atoms with E-state index in [9.17, 15) is 4.79 Å². The molecule has 18 heavy (non-hydrogen) atoms. The van der Waals surface area contributed by atoms with Crippen molar-refractivity contribution in [1.82, 2.24) is 0 Å². The maximum absolute atomic E-state index is 12.2. The Morgan fingerprint density at radius 1 is 1.11 bits per heavy atom. The first kappa shape index (κ1) is 17.5. The van der Waals surface area contributed by atoms with Crippen molar-refractivity contribution in [2.75, 3.05) is 6.61 Å². The molecule has 0 fully saturated rings. The van der Waals surface area contributed by atoms with Crippen molar-refractivity contribution < 1.29 is 9.53 Å². The van der Waals surface area contributed by atoms with Crippen LogP contribution in [0.15, 0.2) is 0 Å². The first-order valence-corrected chi connectivity index (χ1v) is 7.36. The van der Waals surface area contributed by atoms with Gasteiger partial charge in [-0.3, -0.25) is 4.79 Å². The first-order valence-electron chi connectivity index (χ1n) is 7.36. The number of hydrogen-bond donors (Lipinski definition) is 0. The highest BCUT2D eigenvalue weighted by molar-refractivity contribution is 5.73. The van der Waals surface area contributed by atoms with Gasteiger partial charge >= 0.3 is 5.97 Å². The van der Waals surface area contributed by atoms with Crippen molar-refractivity contribution in [3.63, 3.8) is 0 Å². The third-order valence-corrected chi connectivity index (χ3v) is 4.11. The zero-order valence-corrected chi connectivity index (χ0v) is 13.4. The van der Waals surface area contributed by atoms with Crippen LogP contribution in [0, 0.1) is 16.7 Å². The van der Waals surface area contributed by atoms with Crippen molar-refractivity contribution in [3.05, 3.63) is 0 Å². The Balaban J connectivity index is 4.94. The van der Waals surface area contributed by atoms with E-state index in [2.05, 4.69) is 41.5 Å². The van der Waals surface area contributed by atoms with Crippen molar-refractivity contribution in [2.45, 2.75) is 74.1 Å². The van der Waals surface area contributed by atoms with E-state index in [0.29, 0.717) is 6.61 Å². The maximum atomic E-state index is 12.2. The summed E-state index contributed by atoms with van der Waals surface area (Å²) < 4.78 is 5.28. The van der Waals surface area contributed by atoms with Crippen LogP contribution in [-0.2, 0) is 9.53 Å². The third-order valence-electron chi connectivity index (χ3n) is 4.11. The van der Waals surface area contributed by atoms with Crippen molar-refractivity contribution in [2.24, 2.45) is 16.7 Å². The number of carbonyl (C=O) groups is 1. The van der Waals surface area contributed by atoms with Crippen LogP contribution < -0.4 is 0 Å². The lowest BCUT2D eigenvalue weighted by Crippen LogP contribution is -2.35. The van der Waals surface area contributed by atoms with Gasteiger partial charge in [0.15, 0.2) is 0 Å². The summed E-state index contributed by atoms with van der Waals surface area (Å²) >= 11 is 0. The molecular formula is C16H32O2. The minimum absolute atomic E-state index is 0.00370. The second kappa shape index (κ2) is 7.16. The Labute approximate surface area is 113 Å². The van der Waals surface area contributed by atoms with Crippen LogP contribution in [0.3, 0.4) is 0 Å². The molecule has 1 unspecified atom stereocenters. The average molecular weight is 256 g/mol. The van der Waals surface area contributed by atoms with Gasteiger partial charge in [0.1, 0.15) is 0 Å². The van der Waals surface area contributed by atoms with Gasteiger partial charge in [-0.2, -0.15) is 0 Å². The molecule has 0 heterocycles. The molecule has 0 spiro atoms. The summed E-state index contributed by atoms with van der Waals surface area (Å²) in [6, 6.07) is 0. The Morgan fingerprint density at radius 2 is 1.67 bits per heavy atom. The molecule has 0 saturated heterocycles. The zero-order chi connectivity index (χ0) is 14.4. The average Bonchev–Trinajstić information content (AvgIpc) is 2.26. The summed E-state index contributed by atoms with van der Waals surface area (Å²) in [5, 5.41) is 0. The van der Waals surface area contributed by atoms with Gasteiger partial charge in [0.05, 0.1) is 12.5 Å². The van der Waals surface area contributed by atoms with Gasteiger partial charge in [-0.1, -0.05) is 54.4 Å². The molecule has 0 aromatic rings. The van der Waals surface area contributed by atoms with E-state index in [0.717, 1.165) is 25.7 Å². The van der Waals surface area contributed by atoms with E-state index in [4.69, 9.17) is 4.74 Å². The third kappa shape index (κ3) is 5.41. The van der Waals surface area contributed by atoms with Gasteiger partial charge in [-0.05, 0) is 30.6 Å². The standard InChI is InChI=1S/C16H32O2/c1-8-11-15(4,5)12-13(14(17)18-10-3)16(6,7)9-2/h13H,8-12H2,1-7H3. The molecule has 0 N–H and O–H groups in total. The van der Waals surface area contributed by atoms with E-state index in [-0.39, 0.29) is 22.7 Å². The second-order valence-corrected chi connectivity index (χ2v) is 6.77. The van der Waals surface area contributed by atoms with E-state index in [1.165, 1.54) is 0 Å². The zero-order valence-electron chi connectivity index (χ0n) is 13.4. The van der Waals surface area contributed by atoms with Crippen LogP contribution in [0.5, 0.6) is 0 Å². The summed E-state index contributed by atoms with van der Waals surface area (Å²) in [5.74, 6) is -0.0162. The Morgan fingerprint density at radius 3 is 2.06 bits per heavy atom. The molecule has 0 rings (SSSR count). The highest BCUT2D eigenvalue weighted by atomic mass is 16.5. The van der Waals surface area contributed by atoms with Gasteiger partial charge in [0.2, 0.25) is 0 Å². The van der Waals surface area contributed by atoms with Crippen molar-refractivity contribution in [3.8, 4) is 0 Å². The van der Waals surface area contributed by atoms with Gasteiger partial charge < -0.3 is 4.74 Å². The predicted octanol–water partition coefficient (Wildman–Crippen LogP) is 4.82. The van der Waals surface area contributed by atoms with E-state index < -0.39 is 0 Å². The lowest BCUT2D eigenvalue weighted by atomic mass is 9.68. The Kier molecular flexibility index (Phi) is 6.94. The van der Waals surface area contributed by atoms with Gasteiger partial charge in [0.25, 0.3) is 0 Å². The first-order chi connectivity index (χ1) is 8.20. The smallest absolute Gasteiger partial charge is 0.309 e. The molecular weight excluding hydrogens is 224 g/mol. The molecule has 2 heteroatoms. The number of rotatable bonds is 8. The minimum Gasteiger partial charge on any atom is -0.466 e. The Bertz CT molecular complexity index is 254. The van der Waals surface area contributed by atoms with Gasteiger partial charge in [0, 0.05) is 0 Å². The topological polar surface area (TPSA) is 26.3 Å². The molecule has 0 amide bonds. The molecule has 0 radical (unpaired) electrons. The summed E-state index contributed by atoms with van der Waals surface area (Å²) in [4.78, 5) is 12.2. The van der Waals surface area contributed by atoms with Crippen LogP contribution >= 0.6 is 0 Å². The summed E-state index contributed by atoms with van der Waals surface area (Å²) in [6.07, 6.45) is 4.23. The highest BCUT2D eigenvalue weighted by Gasteiger charge is 2.38. The van der Waals surface area contributed by atoms with Crippen LogP contribution in [0.25, 0.3) is 0 Å². The van der Waals surface area contributed by atoms with Crippen molar-refractivity contribution in [1.29, 1.82) is 0 Å². The van der Waals surface area contributed by atoms with Crippen molar-refractivity contribution >= 4 is 5.97 Å². The number of hydrogen-bond acceptors (Lipinski definition) is 2. The molecule has 0 aromatic carbocycles. The largest absolute Gasteiger partial charge is 0.466 e. The minimum atomic E-state index is -0.0199. The highest BCUT2D eigenvalue weighted by Crippen LogP contribution is 2.41. The lowest BCUT2D eigenvalue weighted by molar-refractivity contribution is -0.154. The van der Waals surface area contributed by atoms with Gasteiger partial charge in [-0.15, -0.1) is 0 Å². The van der Waals surface area contributed by atoms with E-state index in [1.807, 2.05) is 6.92 Å². The van der Waals surface area contributed by atoms with Gasteiger partial charge in [-0.25, -0.2) is 0 Å². The summed E-state index contributed by atoms with van der Waals surface area (Å²) in [7, 11) is 0. The number of esters is 1. The summed E-state index contributed by atoms with van der Waals surface area (Å²) in [5.41, 5.74) is 0.218. The maximum Gasteiger partial charge on any atom is 0.309 e. The monoisotopic (exact) mass is 256 g/mol. The molecule has 0 bridgehead atoms. The Hall–Kier alpha value is -0.530. The fourth-order valence-electron chi connectivity index (χ4n) is 2.50. The fourth-order valence-corrected chi connectivity index (χ4v) is 2.50. The number of carbonyl (C=O) groups excluding carboxylic acids is 1. The molecule has 2 nitrogen and oxygen atoms in total. The fraction of sp³-hybridized carbons (Fsp3) is 0.938. The molecule has 0 aliphatic rings. The van der Waals surface area contributed by atoms with Crippen LogP contribution in [0.1, 0.15) is 74.1 Å². The lowest BCUT2D eigenvalue weighted by Gasteiger charge is -2.37. The number of ether oxygens (including phenoxy) is 1. The van der Waals surface area contributed by atoms with Crippen LogP contribution in [-0.4, -0.2) is 12.6 Å². The predicted molar refractivity (Wildman–Crippen MR) is 77.5 cm³/mol. The van der Waals surface area contributed by atoms with Crippen LogP contribution in [0.2, 0.25) is 0 Å². The quantitative estimate of drug-likeness (QED) is 0.582. The molecule has 1 atom stereocenters. The van der Waals surface area contributed by atoms with E-state index >= 15 is 0 Å². The molecule has 0 aliphatic heterocycles.